The van der Waals surface area contributed by atoms with Gasteiger partial charge in [0.05, 0.1) is 64.0 Å². The van der Waals surface area contributed by atoms with Crippen molar-refractivity contribution < 1.29 is 57.0 Å². The van der Waals surface area contributed by atoms with Crippen molar-refractivity contribution in [2.24, 2.45) is 0 Å². The number of unbranched alkanes of at least 4 members (excludes halogenated alkanes) is 6. The monoisotopic (exact) mass is 798 g/mol. The van der Waals surface area contributed by atoms with Crippen molar-refractivity contribution in [1.82, 2.24) is 0 Å². The maximum Gasteiger partial charge on any atom is 0.338 e. The number of rotatable bonds is 24. The van der Waals surface area contributed by atoms with Crippen LogP contribution in [0.25, 0.3) is 21.5 Å². The van der Waals surface area contributed by atoms with E-state index < -0.39 is 36.4 Å². The zero-order valence-electron chi connectivity index (χ0n) is 33.0. The molecule has 4 heterocycles. The molecule has 2 unspecified atom stereocenters. The van der Waals surface area contributed by atoms with Crippen LogP contribution < -0.4 is 9.47 Å². The quantitative estimate of drug-likeness (QED) is 0.0402. The van der Waals surface area contributed by atoms with Crippen LogP contribution >= 0.6 is 0 Å². The molecule has 0 aromatic heterocycles. The fraction of sp³-hybridized carbons (Fsp3) is 0.522. The van der Waals surface area contributed by atoms with E-state index in [-0.39, 0.29) is 13.2 Å². The molecular formula is C46H54O12. The Labute approximate surface area is 339 Å². The minimum absolute atomic E-state index is 0.152. The van der Waals surface area contributed by atoms with Crippen molar-refractivity contribution in [2.45, 2.75) is 88.0 Å². The predicted molar refractivity (Wildman–Crippen MR) is 215 cm³/mol. The summed E-state index contributed by atoms with van der Waals surface area (Å²) < 4.78 is 57.2. The minimum Gasteiger partial charge on any atom is -0.494 e. The molecule has 4 aromatic carbocycles. The molecule has 0 amide bonds. The maximum atomic E-state index is 13.3. The fourth-order valence-corrected chi connectivity index (χ4v) is 7.38. The lowest BCUT2D eigenvalue weighted by atomic mass is 10.1. The van der Waals surface area contributed by atoms with E-state index in [1.54, 1.807) is 12.1 Å². The number of esters is 2. The van der Waals surface area contributed by atoms with E-state index in [0.717, 1.165) is 111 Å². The van der Waals surface area contributed by atoms with Crippen LogP contribution in [0.2, 0.25) is 0 Å². The van der Waals surface area contributed by atoms with Gasteiger partial charge < -0.3 is 47.4 Å². The van der Waals surface area contributed by atoms with Gasteiger partial charge in [0.2, 0.25) is 0 Å². The smallest absolute Gasteiger partial charge is 0.338 e. The Morgan fingerprint density at radius 1 is 0.466 bits per heavy atom. The summed E-state index contributed by atoms with van der Waals surface area (Å²) in [5, 5.41) is 3.76. The first kappa shape index (κ1) is 40.5. The van der Waals surface area contributed by atoms with Crippen LogP contribution in [-0.2, 0) is 37.9 Å². The molecule has 4 aromatic rings. The molecule has 12 heteroatoms. The van der Waals surface area contributed by atoms with Gasteiger partial charge in [-0.05, 0) is 109 Å². The standard InChI is InChI=1S/C46H54O12/c47-45(35-11-9-33-23-37(15-13-31(33)21-35)51-19-7-3-1-5-17-49-25-39-27-53-39)57-41-29-55-44-42(30-56-43(41)44)58-46(48)36-12-10-34-24-38(16-14-32(34)22-36)52-20-8-4-2-6-18-50-26-40-28-54-40/h9-16,21-24,39-44H,1-8,17-20,25-30H2/t39?,40?,41-,42+,43-,44-/m1/s1. The van der Waals surface area contributed by atoms with E-state index in [9.17, 15) is 9.59 Å². The molecule has 0 bridgehead atoms. The molecule has 0 aliphatic carbocycles. The molecule has 0 saturated carbocycles. The van der Waals surface area contributed by atoms with Crippen molar-refractivity contribution >= 4 is 33.5 Å². The van der Waals surface area contributed by atoms with Gasteiger partial charge in [0, 0.05) is 13.2 Å². The third-order valence-electron chi connectivity index (χ3n) is 10.9. The van der Waals surface area contributed by atoms with Crippen LogP contribution in [-0.4, -0.2) is 115 Å². The first-order valence-corrected chi connectivity index (χ1v) is 20.9. The second kappa shape index (κ2) is 20.1. The van der Waals surface area contributed by atoms with Gasteiger partial charge in [-0.25, -0.2) is 9.59 Å². The van der Waals surface area contributed by atoms with Crippen LogP contribution in [0, 0.1) is 0 Å². The summed E-state index contributed by atoms with van der Waals surface area (Å²) in [6.45, 7) is 6.26. The lowest BCUT2D eigenvalue weighted by Crippen LogP contribution is -2.36. The minimum atomic E-state index is -0.623. The Morgan fingerprint density at radius 3 is 1.29 bits per heavy atom. The van der Waals surface area contributed by atoms with Crippen molar-refractivity contribution in [3.05, 3.63) is 83.9 Å². The largest absolute Gasteiger partial charge is 0.494 e. The number of fused-ring (bicyclic) bond motifs is 3. The van der Waals surface area contributed by atoms with Crippen molar-refractivity contribution in [3.8, 4) is 11.5 Å². The number of hydrogen-bond donors (Lipinski definition) is 0. The Morgan fingerprint density at radius 2 is 0.862 bits per heavy atom. The molecule has 0 N–H and O–H groups in total. The molecule has 6 atom stereocenters. The van der Waals surface area contributed by atoms with E-state index >= 15 is 0 Å². The Balaban J connectivity index is 0.742. The molecule has 4 saturated heterocycles. The Kier molecular flexibility index (Phi) is 14.0. The number of epoxide rings is 2. The molecule has 4 fully saturated rings. The number of ether oxygens (including phenoxy) is 10. The number of benzene rings is 4. The number of carbonyl (C=O) groups is 2. The SMILES string of the molecule is O=C(O[C@H]1CO[C@H]2[C@@H]1OC[C@H]2OC(=O)c1ccc2cc(OCCCCCCOCC3CO3)ccc2c1)c1ccc2cc(OCCCCCCOCC3CO3)ccc2c1. The topological polar surface area (TPSA) is 133 Å². The van der Waals surface area contributed by atoms with Crippen molar-refractivity contribution in [1.29, 1.82) is 0 Å². The highest BCUT2D eigenvalue weighted by atomic mass is 16.7. The molecule has 4 aliphatic rings. The molecule has 58 heavy (non-hydrogen) atoms. The summed E-state index contributed by atoms with van der Waals surface area (Å²) in [7, 11) is 0. The molecular weight excluding hydrogens is 744 g/mol. The molecule has 0 radical (unpaired) electrons. The van der Waals surface area contributed by atoms with Gasteiger partial charge in [0.15, 0.2) is 12.2 Å². The van der Waals surface area contributed by atoms with E-state index in [1.165, 1.54) is 0 Å². The van der Waals surface area contributed by atoms with Gasteiger partial charge in [0.25, 0.3) is 0 Å². The molecule has 310 valence electrons. The molecule has 4 aliphatic heterocycles. The third-order valence-corrected chi connectivity index (χ3v) is 10.9. The average molecular weight is 799 g/mol. The van der Waals surface area contributed by atoms with E-state index in [1.807, 2.05) is 60.7 Å². The fourth-order valence-electron chi connectivity index (χ4n) is 7.38. The normalized spacial score (nSPS) is 23.2. The molecule has 8 rings (SSSR count). The lowest BCUT2D eigenvalue weighted by Gasteiger charge is -2.17. The zero-order chi connectivity index (χ0) is 39.5. The van der Waals surface area contributed by atoms with Crippen LogP contribution in [0.5, 0.6) is 11.5 Å². The van der Waals surface area contributed by atoms with Gasteiger partial charge in [0.1, 0.15) is 35.9 Å². The summed E-state index contributed by atoms with van der Waals surface area (Å²) in [6, 6.07) is 22.7. The summed E-state index contributed by atoms with van der Waals surface area (Å²) in [6.07, 6.45) is 6.79. The van der Waals surface area contributed by atoms with Gasteiger partial charge in [-0.15, -0.1) is 0 Å². The first-order chi connectivity index (χ1) is 28.6. The molecule has 12 nitrogen and oxygen atoms in total. The van der Waals surface area contributed by atoms with E-state index in [0.29, 0.717) is 49.8 Å². The predicted octanol–water partition coefficient (Wildman–Crippen LogP) is 7.25. The van der Waals surface area contributed by atoms with Crippen LogP contribution in [0.1, 0.15) is 72.1 Å². The van der Waals surface area contributed by atoms with Gasteiger partial charge in [-0.2, -0.15) is 0 Å². The van der Waals surface area contributed by atoms with Crippen LogP contribution in [0.15, 0.2) is 72.8 Å². The summed E-state index contributed by atoms with van der Waals surface area (Å²) >= 11 is 0. The Bertz CT molecular complexity index is 1830. The van der Waals surface area contributed by atoms with E-state index in [4.69, 9.17) is 47.4 Å². The number of hydrogen-bond acceptors (Lipinski definition) is 12. The Hall–Kier alpha value is -4.30. The van der Waals surface area contributed by atoms with Gasteiger partial charge in [-0.3, -0.25) is 0 Å². The van der Waals surface area contributed by atoms with Crippen LogP contribution in [0.4, 0.5) is 0 Å². The highest BCUT2D eigenvalue weighted by Crippen LogP contribution is 2.32. The maximum absolute atomic E-state index is 13.3. The summed E-state index contributed by atoms with van der Waals surface area (Å²) in [4.78, 5) is 26.5. The summed E-state index contributed by atoms with van der Waals surface area (Å²) in [5.41, 5.74) is 0.864. The zero-order valence-corrected chi connectivity index (χ0v) is 33.0. The van der Waals surface area contributed by atoms with E-state index in [2.05, 4.69) is 0 Å². The van der Waals surface area contributed by atoms with Gasteiger partial charge >= 0.3 is 11.9 Å². The van der Waals surface area contributed by atoms with Crippen molar-refractivity contribution in [2.75, 3.05) is 66.1 Å². The first-order valence-electron chi connectivity index (χ1n) is 20.9. The second-order valence-corrected chi connectivity index (χ2v) is 15.5. The average Bonchev–Trinajstić information content (AvgIpc) is 4.18. The second-order valence-electron chi connectivity index (χ2n) is 15.5. The summed E-state index contributed by atoms with van der Waals surface area (Å²) in [5.74, 6) is 0.670. The van der Waals surface area contributed by atoms with Crippen LogP contribution in [0.3, 0.4) is 0 Å². The van der Waals surface area contributed by atoms with Crippen molar-refractivity contribution in [3.63, 3.8) is 0 Å². The number of carbonyl (C=O) groups excluding carboxylic acids is 2. The highest BCUT2D eigenvalue weighted by Gasteiger charge is 2.51. The lowest BCUT2D eigenvalue weighted by molar-refractivity contribution is -0.0287. The highest BCUT2D eigenvalue weighted by molar-refractivity contribution is 5.97. The van der Waals surface area contributed by atoms with Gasteiger partial charge in [-0.1, -0.05) is 37.1 Å². The molecule has 0 spiro atoms. The third kappa shape index (κ3) is 11.5.